The predicted octanol–water partition coefficient (Wildman–Crippen LogP) is 3.41. The molecule has 2 amide bonds. The van der Waals surface area contributed by atoms with E-state index in [0.717, 1.165) is 30.5 Å². The Hall–Kier alpha value is -3.61. The zero-order chi connectivity index (χ0) is 21.8. The number of hydrogen-bond donors (Lipinski definition) is 1. The third kappa shape index (κ3) is 4.77. The maximum atomic E-state index is 12.1. The van der Waals surface area contributed by atoms with Gasteiger partial charge >= 0.3 is 0 Å². The van der Waals surface area contributed by atoms with Crippen molar-refractivity contribution in [1.82, 2.24) is 14.7 Å². The van der Waals surface area contributed by atoms with E-state index in [4.69, 9.17) is 15.6 Å². The molecule has 1 saturated heterocycles. The number of primary amides is 1. The molecule has 0 radical (unpaired) electrons. The summed E-state index contributed by atoms with van der Waals surface area (Å²) in [5, 5.41) is 4.70. The summed E-state index contributed by atoms with van der Waals surface area (Å²) in [5.41, 5.74) is 8.37. The largest absolute Gasteiger partial charge is 0.489 e. The number of benzene rings is 2. The summed E-state index contributed by atoms with van der Waals surface area (Å²) in [6, 6.07) is 17.4. The van der Waals surface area contributed by atoms with Gasteiger partial charge in [0.05, 0.1) is 11.6 Å². The minimum Gasteiger partial charge on any atom is -0.489 e. The molecule has 0 spiro atoms. The molecule has 7 heteroatoms. The Morgan fingerprint density at radius 2 is 1.97 bits per heavy atom. The number of rotatable bonds is 6. The van der Waals surface area contributed by atoms with Crippen LogP contribution >= 0.6 is 0 Å². The highest BCUT2D eigenvalue weighted by atomic mass is 16.5. The van der Waals surface area contributed by atoms with Gasteiger partial charge in [0.25, 0.3) is 5.91 Å². The lowest BCUT2D eigenvalue weighted by atomic mass is 10.1. The van der Waals surface area contributed by atoms with Gasteiger partial charge in [-0.15, -0.1) is 0 Å². The van der Waals surface area contributed by atoms with E-state index in [1.54, 1.807) is 17.8 Å². The topological polar surface area (TPSA) is 90.5 Å². The fourth-order valence-corrected chi connectivity index (χ4v) is 3.90. The molecule has 0 aliphatic carbocycles. The van der Waals surface area contributed by atoms with Crippen molar-refractivity contribution in [3.05, 3.63) is 71.9 Å². The van der Waals surface area contributed by atoms with E-state index in [-0.39, 0.29) is 11.9 Å². The lowest BCUT2D eigenvalue weighted by molar-refractivity contribution is -0.130. The second kappa shape index (κ2) is 9.04. The second-order valence-corrected chi connectivity index (χ2v) is 7.80. The van der Waals surface area contributed by atoms with E-state index in [9.17, 15) is 9.59 Å². The van der Waals surface area contributed by atoms with Gasteiger partial charge in [-0.25, -0.2) is 0 Å². The number of piperidine rings is 1. The molecule has 0 saturated carbocycles. The van der Waals surface area contributed by atoms with Gasteiger partial charge in [0.1, 0.15) is 18.1 Å². The highest BCUT2D eigenvalue weighted by Crippen LogP contribution is 2.29. The molecule has 1 aromatic heterocycles. The molecule has 7 nitrogen and oxygen atoms in total. The van der Waals surface area contributed by atoms with Gasteiger partial charge in [0.15, 0.2) is 0 Å². The summed E-state index contributed by atoms with van der Waals surface area (Å²) < 4.78 is 7.70. The quantitative estimate of drug-likeness (QED) is 0.664. The molecular weight excluding hydrogens is 392 g/mol. The van der Waals surface area contributed by atoms with Crippen LogP contribution in [0.2, 0.25) is 0 Å². The number of hydrogen-bond acceptors (Lipinski definition) is 4. The summed E-state index contributed by atoms with van der Waals surface area (Å²) in [5.74, 6) is 0.207. The Morgan fingerprint density at radius 1 is 1.16 bits per heavy atom. The van der Waals surface area contributed by atoms with Crippen LogP contribution in [0.3, 0.4) is 0 Å². The Bertz CT molecular complexity index is 1080. The molecule has 1 aliphatic rings. The molecular formula is C24H26N4O3. The van der Waals surface area contributed by atoms with Crippen LogP contribution in [-0.2, 0) is 11.4 Å². The van der Waals surface area contributed by atoms with Gasteiger partial charge in [-0.2, -0.15) is 5.10 Å². The maximum absolute atomic E-state index is 12.1. The minimum atomic E-state index is -0.531. The molecule has 2 N–H and O–H groups in total. The van der Waals surface area contributed by atoms with Crippen LogP contribution in [0, 0.1) is 0 Å². The van der Waals surface area contributed by atoms with Gasteiger partial charge in [-0.1, -0.05) is 42.5 Å². The van der Waals surface area contributed by atoms with Crippen molar-refractivity contribution >= 4 is 11.8 Å². The number of likely N-dealkylation sites (tertiary alicyclic amines) is 1. The molecule has 4 rings (SSSR count). The minimum absolute atomic E-state index is 0.0158. The zero-order valence-electron chi connectivity index (χ0n) is 17.5. The Labute approximate surface area is 181 Å². The Balaban J connectivity index is 1.58. The molecule has 160 valence electrons. The third-order valence-electron chi connectivity index (χ3n) is 5.57. The first-order chi connectivity index (χ1) is 15.0. The normalized spacial score (nSPS) is 16.2. The van der Waals surface area contributed by atoms with E-state index in [1.165, 1.54) is 0 Å². The number of carbonyl (C=O) groups is 2. The van der Waals surface area contributed by atoms with Gasteiger partial charge in [-0.3, -0.25) is 14.3 Å². The first-order valence-corrected chi connectivity index (χ1v) is 10.4. The summed E-state index contributed by atoms with van der Waals surface area (Å²) in [4.78, 5) is 25.7. The fraction of sp³-hybridized carbons (Fsp3) is 0.292. The van der Waals surface area contributed by atoms with E-state index in [1.807, 2.05) is 59.5 Å². The van der Waals surface area contributed by atoms with Gasteiger partial charge in [-0.05, 0) is 30.5 Å². The summed E-state index contributed by atoms with van der Waals surface area (Å²) >= 11 is 0. The van der Waals surface area contributed by atoms with Crippen molar-refractivity contribution in [2.24, 2.45) is 5.73 Å². The van der Waals surface area contributed by atoms with Crippen molar-refractivity contribution < 1.29 is 14.3 Å². The number of nitrogens with two attached hydrogens (primary N) is 1. The number of aromatic nitrogens is 2. The summed E-state index contributed by atoms with van der Waals surface area (Å²) in [6.07, 6.45) is 3.49. The lowest BCUT2D eigenvalue weighted by Crippen LogP contribution is -2.39. The fourth-order valence-electron chi connectivity index (χ4n) is 3.90. The SMILES string of the molecule is CC(=O)N1CCC[C@@H](n2cc(C(N)=O)c(-c3cccc(OCc4ccccc4)c3)n2)C1. The number of carbonyl (C=O) groups excluding carboxylic acids is 2. The van der Waals surface area contributed by atoms with Crippen LogP contribution < -0.4 is 10.5 Å². The standard InChI is InChI=1S/C24H26N4O3/c1-17(29)27-12-6-10-20(14-27)28-15-22(24(25)30)23(26-28)19-9-5-11-21(13-19)31-16-18-7-3-2-4-8-18/h2-5,7-9,11,13,15,20H,6,10,12,14,16H2,1H3,(H2,25,30)/t20-/m1/s1. The van der Waals surface area contributed by atoms with E-state index < -0.39 is 5.91 Å². The summed E-state index contributed by atoms with van der Waals surface area (Å²) in [6.45, 7) is 3.36. The molecule has 0 unspecified atom stereocenters. The van der Waals surface area contributed by atoms with Crippen molar-refractivity contribution in [3.8, 4) is 17.0 Å². The van der Waals surface area contributed by atoms with Crippen molar-refractivity contribution in [2.75, 3.05) is 13.1 Å². The van der Waals surface area contributed by atoms with Crippen LogP contribution in [0.25, 0.3) is 11.3 Å². The first-order valence-electron chi connectivity index (χ1n) is 10.4. The first kappa shape index (κ1) is 20.7. The average molecular weight is 418 g/mol. The number of nitrogens with zero attached hydrogens (tertiary/aromatic N) is 3. The Morgan fingerprint density at radius 3 is 2.71 bits per heavy atom. The third-order valence-corrected chi connectivity index (χ3v) is 5.57. The molecule has 2 aromatic carbocycles. The highest BCUT2D eigenvalue weighted by Gasteiger charge is 2.26. The molecule has 2 heterocycles. The lowest BCUT2D eigenvalue weighted by Gasteiger charge is -2.32. The number of amides is 2. The van der Waals surface area contributed by atoms with Gasteiger partial charge in [0, 0.05) is 31.8 Å². The van der Waals surface area contributed by atoms with Crippen molar-refractivity contribution in [2.45, 2.75) is 32.4 Å². The van der Waals surface area contributed by atoms with Crippen LogP contribution in [0.5, 0.6) is 5.75 Å². The molecule has 1 atom stereocenters. The smallest absolute Gasteiger partial charge is 0.252 e. The van der Waals surface area contributed by atoms with Crippen LogP contribution in [0.1, 0.15) is 41.7 Å². The van der Waals surface area contributed by atoms with E-state index >= 15 is 0 Å². The predicted molar refractivity (Wildman–Crippen MR) is 117 cm³/mol. The van der Waals surface area contributed by atoms with Crippen LogP contribution in [0.4, 0.5) is 0 Å². The molecule has 1 aliphatic heterocycles. The monoisotopic (exact) mass is 418 g/mol. The maximum Gasteiger partial charge on any atom is 0.252 e. The molecule has 0 bridgehead atoms. The van der Waals surface area contributed by atoms with Crippen LogP contribution in [0.15, 0.2) is 60.8 Å². The molecule has 3 aromatic rings. The van der Waals surface area contributed by atoms with Gasteiger partial charge < -0.3 is 15.4 Å². The molecule has 1 fully saturated rings. The Kier molecular flexibility index (Phi) is 6.02. The highest BCUT2D eigenvalue weighted by molar-refractivity contribution is 5.98. The van der Waals surface area contributed by atoms with E-state index in [2.05, 4.69) is 0 Å². The van der Waals surface area contributed by atoms with Gasteiger partial charge in [0.2, 0.25) is 5.91 Å². The van der Waals surface area contributed by atoms with Crippen LogP contribution in [-0.4, -0.2) is 39.6 Å². The zero-order valence-corrected chi connectivity index (χ0v) is 17.5. The molecule has 31 heavy (non-hydrogen) atoms. The summed E-state index contributed by atoms with van der Waals surface area (Å²) in [7, 11) is 0. The van der Waals surface area contributed by atoms with E-state index in [0.29, 0.717) is 30.2 Å². The average Bonchev–Trinajstić information content (AvgIpc) is 3.25. The van der Waals surface area contributed by atoms with Crippen molar-refractivity contribution in [1.29, 1.82) is 0 Å². The number of ether oxygens (including phenoxy) is 1. The second-order valence-electron chi connectivity index (χ2n) is 7.80. The van der Waals surface area contributed by atoms with Crippen molar-refractivity contribution in [3.63, 3.8) is 0 Å².